The molecule has 0 radical (unpaired) electrons. The fraction of sp³-hybridized carbons (Fsp3) is 0.481. The van der Waals surface area contributed by atoms with Crippen LogP contribution in [0.2, 0.25) is 0 Å². The van der Waals surface area contributed by atoms with Gasteiger partial charge in [0.15, 0.2) is 5.13 Å². The van der Waals surface area contributed by atoms with Crippen LogP contribution >= 0.6 is 11.3 Å². The van der Waals surface area contributed by atoms with E-state index in [0.29, 0.717) is 40.4 Å². The maximum atomic E-state index is 12.4. The molecule has 12 nitrogen and oxygen atoms in total. The quantitative estimate of drug-likeness (QED) is 0.310. The van der Waals surface area contributed by atoms with Gasteiger partial charge in [-0.3, -0.25) is 10.3 Å². The van der Waals surface area contributed by atoms with Gasteiger partial charge in [-0.05, 0) is 64.8 Å². The second kappa shape index (κ2) is 12.1. The number of ether oxygens (including phenoxy) is 1. The van der Waals surface area contributed by atoms with Crippen molar-refractivity contribution in [1.29, 1.82) is 0 Å². The van der Waals surface area contributed by atoms with E-state index >= 15 is 0 Å². The lowest BCUT2D eigenvalue weighted by Gasteiger charge is -2.39. The molecule has 3 aromatic rings. The summed E-state index contributed by atoms with van der Waals surface area (Å²) in [5.74, 6) is 0.359. The van der Waals surface area contributed by atoms with Crippen molar-refractivity contribution in [3.05, 3.63) is 46.2 Å². The number of thiazole rings is 1. The Balaban J connectivity index is 1.56. The van der Waals surface area contributed by atoms with Gasteiger partial charge in [-0.1, -0.05) is 17.4 Å². The molecule has 1 fully saturated rings. The Labute approximate surface area is 236 Å². The molecule has 5 rings (SSSR count). The molecule has 40 heavy (non-hydrogen) atoms. The Morgan fingerprint density at radius 3 is 2.80 bits per heavy atom. The molecule has 2 aliphatic heterocycles. The molecule has 0 amide bonds. The molecule has 0 aliphatic carbocycles. The van der Waals surface area contributed by atoms with E-state index in [1.807, 2.05) is 23.2 Å². The zero-order valence-corrected chi connectivity index (χ0v) is 23.7. The SMILES string of the molecule is CCOC(=O)c1sc(Nc2nc3c(c(N(C4CCNCC4)C(C)C(=O)O)n2)CCN3Cc2cccnc2)nc1C. The fourth-order valence-corrected chi connectivity index (χ4v) is 6.10. The molecule has 2 aliphatic rings. The number of anilines is 4. The molecule has 0 bridgehead atoms. The predicted molar refractivity (Wildman–Crippen MR) is 153 cm³/mol. The van der Waals surface area contributed by atoms with Gasteiger partial charge >= 0.3 is 11.9 Å². The monoisotopic (exact) mass is 566 g/mol. The Morgan fingerprint density at radius 2 is 2.10 bits per heavy atom. The summed E-state index contributed by atoms with van der Waals surface area (Å²) in [5.41, 5.74) is 2.54. The van der Waals surface area contributed by atoms with Crippen molar-refractivity contribution < 1.29 is 19.4 Å². The van der Waals surface area contributed by atoms with E-state index in [1.54, 1.807) is 27.0 Å². The minimum atomic E-state index is -0.903. The van der Waals surface area contributed by atoms with E-state index in [2.05, 4.69) is 25.5 Å². The van der Waals surface area contributed by atoms with Crippen molar-refractivity contribution >= 4 is 46.0 Å². The highest BCUT2D eigenvalue weighted by atomic mass is 32.1. The van der Waals surface area contributed by atoms with Gasteiger partial charge in [0.1, 0.15) is 22.6 Å². The first-order valence-electron chi connectivity index (χ1n) is 13.5. The molecule has 3 N–H and O–H groups in total. The van der Waals surface area contributed by atoms with Crippen LogP contribution in [0.25, 0.3) is 0 Å². The second-order valence-electron chi connectivity index (χ2n) is 9.89. The zero-order chi connectivity index (χ0) is 28.2. The van der Waals surface area contributed by atoms with E-state index < -0.39 is 18.0 Å². The summed E-state index contributed by atoms with van der Waals surface area (Å²) in [6.07, 6.45) is 5.90. The highest BCUT2D eigenvalue weighted by Gasteiger charge is 2.36. The normalized spacial score (nSPS) is 15.9. The number of rotatable bonds is 10. The molecule has 1 atom stereocenters. The average Bonchev–Trinajstić information content (AvgIpc) is 3.52. The number of esters is 1. The second-order valence-corrected chi connectivity index (χ2v) is 10.9. The maximum absolute atomic E-state index is 12.4. The molecule has 212 valence electrons. The number of hydrogen-bond acceptors (Lipinski definition) is 12. The number of nitrogens with zero attached hydrogens (tertiary/aromatic N) is 6. The number of carbonyl (C=O) groups is 2. The lowest BCUT2D eigenvalue weighted by molar-refractivity contribution is -0.138. The van der Waals surface area contributed by atoms with E-state index in [4.69, 9.17) is 14.7 Å². The molecule has 0 saturated carbocycles. The Morgan fingerprint density at radius 1 is 1.30 bits per heavy atom. The summed E-state index contributed by atoms with van der Waals surface area (Å²) in [6, 6.07) is 3.17. The van der Waals surface area contributed by atoms with Gasteiger partial charge in [-0.15, -0.1) is 0 Å². The number of piperidine rings is 1. The van der Waals surface area contributed by atoms with E-state index in [0.717, 1.165) is 49.4 Å². The minimum absolute atomic E-state index is 0.0177. The molecular formula is C27H34N8O4S. The summed E-state index contributed by atoms with van der Waals surface area (Å²) in [4.78, 5) is 47.8. The Hall–Kier alpha value is -3.84. The largest absolute Gasteiger partial charge is 0.480 e. The predicted octanol–water partition coefficient (Wildman–Crippen LogP) is 3.15. The topological polar surface area (TPSA) is 146 Å². The lowest BCUT2D eigenvalue weighted by atomic mass is 10.0. The van der Waals surface area contributed by atoms with Crippen molar-refractivity contribution in [3.8, 4) is 0 Å². The van der Waals surface area contributed by atoms with E-state index in [-0.39, 0.29) is 12.6 Å². The van der Waals surface area contributed by atoms with Gasteiger partial charge in [-0.25, -0.2) is 14.6 Å². The van der Waals surface area contributed by atoms with Gasteiger partial charge < -0.3 is 25.0 Å². The van der Waals surface area contributed by atoms with Crippen LogP contribution in [0.5, 0.6) is 0 Å². The Kier molecular flexibility index (Phi) is 8.40. The summed E-state index contributed by atoms with van der Waals surface area (Å²) >= 11 is 1.18. The van der Waals surface area contributed by atoms with Crippen molar-refractivity contribution in [2.75, 3.05) is 41.4 Å². The maximum Gasteiger partial charge on any atom is 0.350 e. The third-order valence-electron chi connectivity index (χ3n) is 7.19. The number of aryl methyl sites for hydroxylation is 1. The summed E-state index contributed by atoms with van der Waals surface area (Å²) < 4.78 is 5.16. The molecule has 1 unspecified atom stereocenters. The summed E-state index contributed by atoms with van der Waals surface area (Å²) in [6.45, 7) is 8.47. The van der Waals surface area contributed by atoms with Crippen LogP contribution in [0.3, 0.4) is 0 Å². The number of pyridine rings is 1. The van der Waals surface area contributed by atoms with Crippen molar-refractivity contribution in [1.82, 2.24) is 25.3 Å². The molecule has 1 saturated heterocycles. The standard InChI is InChI=1S/C27H34N8O4S/c1-4-39-25(38)21-16(2)30-27(40-21)33-26-31-22-20(9-13-34(22)15-18-6-5-10-29-14-18)23(32-26)35(17(3)24(36)37)19-7-11-28-12-8-19/h5-6,10,14,17,19,28H,4,7-9,11-13,15H2,1-3H3,(H,36,37)(H,30,31,32,33). The molecule has 3 aromatic heterocycles. The first-order chi connectivity index (χ1) is 19.4. The van der Waals surface area contributed by atoms with Crippen LogP contribution in [0.15, 0.2) is 24.5 Å². The van der Waals surface area contributed by atoms with Crippen LogP contribution in [0.4, 0.5) is 22.7 Å². The number of carbonyl (C=O) groups excluding carboxylic acids is 1. The van der Waals surface area contributed by atoms with Crippen LogP contribution in [0.1, 0.15) is 53.2 Å². The van der Waals surface area contributed by atoms with E-state index in [9.17, 15) is 14.7 Å². The van der Waals surface area contributed by atoms with Gasteiger partial charge in [0.05, 0.1) is 12.3 Å². The van der Waals surface area contributed by atoms with Crippen molar-refractivity contribution in [3.63, 3.8) is 0 Å². The molecule has 5 heterocycles. The highest BCUT2D eigenvalue weighted by molar-refractivity contribution is 7.17. The van der Waals surface area contributed by atoms with Crippen LogP contribution in [-0.2, 0) is 22.5 Å². The number of aliphatic carboxylic acids is 1. The van der Waals surface area contributed by atoms with E-state index in [1.165, 1.54) is 11.3 Å². The average molecular weight is 567 g/mol. The molecule has 0 aromatic carbocycles. The molecule has 0 spiro atoms. The zero-order valence-electron chi connectivity index (χ0n) is 22.9. The summed E-state index contributed by atoms with van der Waals surface area (Å²) in [5, 5.41) is 17.1. The van der Waals surface area contributed by atoms with Crippen molar-refractivity contribution in [2.24, 2.45) is 0 Å². The van der Waals surface area contributed by atoms with Gasteiger partial charge in [0.2, 0.25) is 5.95 Å². The first-order valence-corrected chi connectivity index (χ1v) is 14.4. The van der Waals surface area contributed by atoms with Gasteiger partial charge in [0, 0.05) is 37.1 Å². The van der Waals surface area contributed by atoms with Crippen LogP contribution in [0, 0.1) is 6.92 Å². The fourth-order valence-electron chi connectivity index (χ4n) is 5.24. The Bertz CT molecular complexity index is 1360. The first kappa shape index (κ1) is 27.7. The smallest absolute Gasteiger partial charge is 0.350 e. The minimum Gasteiger partial charge on any atom is -0.480 e. The number of carboxylic acid groups (broad SMARTS) is 1. The third kappa shape index (κ3) is 5.85. The lowest BCUT2D eigenvalue weighted by Crippen LogP contribution is -2.51. The summed E-state index contributed by atoms with van der Waals surface area (Å²) in [7, 11) is 0. The van der Waals surface area contributed by atoms with Gasteiger partial charge in [-0.2, -0.15) is 9.97 Å². The number of hydrogen-bond donors (Lipinski definition) is 3. The van der Waals surface area contributed by atoms with Crippen LogP contribution in [-0.4, -0.2) is 75.3 Å². The molecular weight excluding hydrogens is 532 g/mol. The number of aromatic nitrogens is 4. The van der Waals surface area contributed by atoms with Gasteiger partial charge in [0.25, 0.3) is 0 Å². The number of carboxylic acids is 1. The highest BCUT2D eigenvalue weighted by Crippen LogP contribution is 2.38. The molecule has 13 heteroatoms. The van der Waals surface area contributed by atoms with Crippen LogP contribution < -0.4 is 20.4 Å². The van der Waals surface area contributed by atoms with Crippen molar-refractivity contribution in [2.45, 2.75) is 58.7 Å². The number of fused-ring (bicyclic) bond motifs is 1. The third-order valence-corrected chi connectivity index (χ3v) is 8.24. The number of nitrogens with one attached hydrogen (secondary N) is 2.